The smallest absolute Gasteiger partial charge is 0.307 e. The molecule has 0 aliphatic heterocycles. The third-order valence-electron chi connectivity index (χ3n) is 3.02. The van der Waals surface area contributed by atoms with Crippen molar-refractivity contribution in [2.24, 2.45) is 0 Å². The van der Waals surface area contributed by atoms with E-state index in [1.54, 1.807) is 30.3 Å². The summed E-state index contributed by atoms with van der Waals surface area (Å²) < 4.78 is 19.1. The Hall–Kier alpha value is -2.40. The Morgan fingerprint density at radius 3 is 2.48 bits per heavy atom. The van der Waals surface area contributed by atoms with Crippen molar-refractivity contribution in [1.82, 2.24) is 0 Å². The average Bonchev–Trinajstić information content (AvgIpc) is 2.46. The normalized spacial score (nSPS) is 10.4. The number of carbonyl (C=O) groups is 1. The highest BCUT2D eigenvalue weighted by atomic mass is 19.1. The van der Waals surface area contributed by atoms with E-state index in [-0.39, 0.29) is 25.4 Å². The molecule has 2 N–H and O–H groups in total. The second kappa shape index (κ2) is 6.85. The largest absolute Gasteiger partial charge is 0.486 e. The van der Waals surface area contributed by atoms with E-state index in [0.29, 0.717) is 16.7 Å². The van der Waals surface area contributed by atoms with Gasteiger partial charge in [0.1, 0.15) is 6.61 Å². The van der Waals surface area contributed by atoms with Crippen LogP contribution >= 0.6 is 0 Å². The number of rotatable bonds is 6. The van der Waals surface area contributed by atoms with Crippen molar-refractivity contribution in [3.63, 3.8) is 0 Å². The molecule has 0 aliphatic carbocycles. The van der Waals surface area contributed by atoms with E-state index in [1.807, 2.05) is 0 Å². The van der Waals surface area contributed by atoms with Gasteiger partial charge in [-0.15, -0.1) is 0 Å². The van der Waals surface area contributed by atoms with Crippen molar-refractivity contribution in [2.45, 2.75) is 19.6 Å². The Bertz CT molecular complexity index is 640. The summed E-state index contributed by atoms with van der Waals surface area (Å²) in [7, 11) is 0. The Labute approximate surface area is 121 Å². The fourth-order valence-corrected chi connectivity index (χ4v) is 1.95. The molecular formula is C16H15FO4. The molecule has 4 nitrogen and oxygen atoms in total. The minimum atomic E-state index is -0.930. The van der Waals surface area contributed by atoms with E-state index in [9.17, 15) is 9.18 Å². The summed E-state index contributed by atoms with van der Waals surface area (Å²) in [6.07, 6.45) is -0.106. The molecule has 0 radical (unpaired) electrons. The number of halogens is 1. The third-order valence-corrected chi connectivity index (χ3v) is 3.02. The first-order valence-electron chi connectivity index (χ1n) is 6.41. The molecule has 0 saturated carbocycles. The summed E-state index contributed by atoms with van der Waals surface area (Å²) in [6, 6.07) is 11.2. The van der Waals surface area contributed by atoms with Crippen molar-refractivity contribution < 1.29 is 24.1 Å². The van der Waals surface area contributed by atoms with Crippen LogP contribution in [0, 0.1) is 5.82 Å². The zero-order valence-corrected chi connectivity index (χ0v) is 11.3. The van der Waals surface area contributed by atoms with Crippen LogP contribution in [0.2, 0.25) is 0 Å². The number of hydrogen-bond acceptors (Lipinski definition) is 3. The fraction of sp³-hybridized carbons (Fsp3) is 0.188. The summed E-state index contributed by atoms with van der Waals surface area (Å²) in [4.78, 5) is 10.8. The van der Waals surface area contributed by atoms with Gasteiger partial charge in [-0.2, -0.15) is 0 Å². The topological polar surface area (TPSA) is 66.8 Å². The number of benzene rings is 2. The molecule has 2 aromatic rings. The van der Waals surface area contributed by atoms with Crippen LogP contribution in [0.3, 0.4) is 0 Å². The van der Waals surface area contributed by atoms with E-state index in [0.717, 1.165) is 0 Å². The zero-order valence-electron chi connectivity index (χ0n) is 11.3. The number of carboxylic acids is 1. The number of hydrogen-bond donors (Lipinski definition) is 2. The van der Waals surface area contributed by atoms with Crippen LogP contribution in [0.5, 0.6) is 5.75 Å². The van der Waals surface area contributed by atoms with Gasteiger partial charge >= 0.3 is 5.97 Å². The highest BCUT2D eigenvalue weighted by molar-refractivity contribution is 5.70. The first kappa shape index (κ1) is 15.0. The van der Waals surface area contributed by atoms with Crippen LogP contribution in [0.15, 0.2) is 42.5 Å². The van der Waals surface area contributed by atoms with Crippen LogP contribution in [0.4, 0.5) is 4.39 Å². The summed E-state index contributed by atoms with van der Waals surface area (Å²) in [6.45, 7) is -0.155. The Kier molecular flexibility index (Phi) is 4.90. The Morgan fingerprint density at radius 2 is 1.86 bits per heavy atom. The van der Waals surface area contributed by atoms with Crippen molar-refractivity contribution in [2.75, 3.05) is 0 Å². The Balaban J connectivity index is 2.11. The van der Waals surface area contributed by atoms with Crippen LogP contribution in [-0.4, -0.2) is 16.2 Å². The molecule has 0 aromatic heterocycles. The summed E-state index contributed by atoms with van der Waals surface area (Å²) >= 11 is 0. The van der Waals surface area contributed by atoms with Gasteiger partial charge in [-0.3, -0.25) is 4.79 Å². The molecule has 0 bridgehead atoms. The van der Waals surface area contributed by atoms with Crippen molar-refractivity contribution in [1.29, 1.82) is 0 Å². The number of ether oxygens (including phenoxy) is 1. The fourth-order valence-electron chi connectivity index (χ4n) is 1.95. The second-order valence-electron chi connectivity index (χ2n) is 4.55. The predicted octanol–water partition coefficient (Wildman–Crippen LogP) is 2.52. The minimum Gasteiger partial charge on any atom is -0.486 e. The van der Waals surface area contributed by atoms with Crippen LogP contribution < -0.4 is 4.74 Å². The van der Waals surface area contributed by atoms with Crippen LogP contribution in [0.1, 0.15) is 16.7 Å². The lowest BCUT2D eigenvalue weighted by molar-refractivity contribution is -0.136. The zero-order chi connectivity index (χ0) is 15.2. The quantitative estimate of drug-likeness (QED) is 0.858. The molecule has 0 unspecified atom stereocenters. The molecule has 0 saturated heterocycles. The van der Waals surface area contributed by atoms with Gasteiger partial charge in [0.25, 0.3) is 0 Å². The predicted molar refractivity (Wildman–Crippen MR) is 74.4 cm³/mol. The number of aliphatic hydroxyl groups is 1. The lowest BCUT2D eigenvalue weighted by Gasteiger charge is -2.11. The number of aliphatic hydroxyl groups excluding tert-OH is 1. The minimum absolute atomic E-state index is 0.0670. The molecule has 0 atom stereocenters. The molecule has 0 aliphatic rings. The summed E-state index contributed by atoms with van der Waals surface area (Å²) in [5, 5.41) is 17.8. The third kappa shape index (κ3) is 4.03. The molecule has 21 heavy (non-hydrogen) atoms. The maximum absolute atomic E-state index is 13.7. The summed E-state index contributed by atoms with van der Waals surface area (Å²) in [5.74, 6) is -1.42. The van der Waals surface area contributed by atoms with Crippen molar-refractivity contribution in [3.8, 4) is 5.75 Å². The lowest BCUT2D eigenvalue weighted by atomic mass is 10.1. The maximum atomic E-state index is 13.7. The molecule has 2 rings (SSSR count). The molecule has 110 valence electrons. The van der Waals surface area contributed by atoms with Crippen molar-refractivity contribution >= 4 is 5.97 Å². The Morgan fingerprint density at radius 1 is 1.14 bits per heavy atom. The molecule has 2 aromatic carbocycles. The maximum Gasteiger partial charge on any atom is 0.307 e. The van der Waals surface area contributed by atoms with Gasteiger partial charge in [-0.25, -0.2) is 4.39 Å². The van der Waals surface area contributed by atoms with Crippen molar-refractivity contribution in [3.05, 3.63) is 65.0 Å². The molecule has 0 heterocycles. The van der Waals surface area contributed by atoms with Gasteiger partial charge < -0.3 is 14.9 Å². The molecule has 0 amide bonds. The van der Waals surface area contributed by atoms with E-state index in [1.165, 1.54) is 12.1 Å². The standard InChI is InChI=1S/C16H15FO4/c17-14-7-11(9-18)5-6-15(14)21-10-13-4-2-1-3-12(13)8-16(19)20/h1-7,18H,8-10H2,(H,19,20). The molecule has 0 spiro atoms. The van der Waals surface area contributed by atoms with E-state index >= 15 is 0 Å². The second-order valence-corrected chi connectivity index (χ2v) is 4.55. The van der Waals surface area contributed by atoms with Gasteiger partial charge in [0, 0.05) is 0 Å². The highest BCUT2D eigenvalue weighted by Crippen LogP contribution is 2.20. The highest BCUT2D eigenvalue weighted by Gasteiger charge is 2.09. The van der Waals surface area contributed by atoms with E-state index in [4.69, 9.17) is 14.9 Å². The van der Waals surface area contributed by atoms with Gasteiger partial charge in [-0.1, -0.05) is 30.3 Å². The molecule has 5 heteroatoms. The summed E-state index contributed by atoms with van der Waals surface area (Å²) in [5.41, 5.74) is 1.80. The van der Waals surface area contributed by atoms with E-state index in [2.05, 4.69) is 0 Å². The van der Waals surface area contributed by atoms with Crippen LogP contribution in [0.25, 0.3) is 0 Å². The van der Waals surface area contributed by atoms with Gasteiger partial charge in [0.15, 0.2) is 11.6 Å². The monoisotopic (exact) mass is 290 g/mol. The number of carboxylic acid groups (broad SMARTS) is 1. The molecular weight excluding hydrogens is 275 g/mol. The van der Waals surface area contributed by atoms with Gasteiger partial charge in [-0.05, 0) is 28.8 Å². The van der Waals surface area contributed by atoms with E-state index < -0.39 is 11.8 Å². The van der Waals surface area contributed by atoms with Gasteiger partial charge in [0.2, 0.25) is 0 Å². The SMILES string of the molecule is O=C(O)Cc1ccccc1COc1ccc(CO)cc1F. The average molecular weight is 290 g/mol. The number of aliphatic carboxylic acids is 1. The first-order valence-corrected chi connectivity index (χ1v) is 6.41. The van der Waals surface area contributed by atoms with Crippen LogP contribution in [-0.2, 0) is 24.4 Å². The molecule has 0 fully saturated rings. The van der Waals surface area contributed by atoms with Gasteiger partial charge in [0.05, 0.1) is 13.0 Å². The first-order chi connectivity index (χ1) is 10.1. The lowest BCUT2D eigenvalue weighted by Crippen LogP contribution is -2.06.